The van der Waals surface area contributed by atoms with Crippen LogP contribution in [-0.2, 0) is 15.5 Å². The molecule has 1 aromatic rings. The SMILES string of the molecule is CC(C)(C)c1ccc(S(=O)(=O)[O-])cc1.CC[N+](CC)(CC)CC. The summed E-state index contributed by atoms with van der Waals surface area (Å²) in [6.07, 6.45) is 0. The van der Waals surface area contributed by atoms with Crippen molar-refractivity contribution in [3.8, 4) is 0 Å². The fourth-order valence-electron chi connectivity index (χ4n) is 2.46. The zero-order valence-corrected chi connectivity index (χ0v) is 16.5. The molecule has 0 atom stereocenters. The summed E-state index contributed by atoms with van der Waals surface area (Å²) >= 11 is 0. The van der Waals surface area contributed by atoms with E-state index in [9.17, 15) is 13.0 Å². The van der Waals surface area contributed by atoms with Crippen LogP contribution in [-0.4, -0.2) is 43.6 Å². The zero-order valence-electron chi connectivity index (χ0n) is 15.7. The van der Waals surface area contributed by atoms with Crippen molar-refractivity contribution in [1.29, 1.82) is 0 Å². The Balaban J connectivity index is 0.000000468. The quantitative estimate of drug-likeness (QED) is 0.604. The highest BCUT2D eigenvalue weighted by atomic mass is 32.2. The minimum atomic E-state index is -4.32. The molecule has 0 fully saturated rings. The first kappa shape index (κ1) is 22.1. The number of nitrogens with zero attached hydrogens (tertiary/aromatic N) is 1. The Morgan fingerprint density at radius 1 is 0.870 bits per heavy atom. The Bertz CT molecular complexity index is 535. The molecule has 0 amide bonds. The van der Waals surface area contributed by atoms with Crippen molar-refractivity contribution in [2.75, 3.05) is 26.2 Å². The van der Waals surface area contributed by atoms with Gasteiger partial charge < -0.3 is 9.04 Å². The van der Waals surface area contributed by atoms with Crippen molar-refractivity contribution < 1.29 is 17.5 Å². The van der Waals surface area contributed by atoms with Crippen molar-refractivity contribution in [3.05, 3.63) is 29.8 Å². The maximum absolute atomic E-state index is 10.6. The fraction of sp³-hybridized carbons (Fsp3) is 0.667. The van der Waals surface area contributed by atoms with Crippen molar-refractivity contribution in [3.63, 3.8) is 0 Å². The van der Waals surface area contributed by atoms with Crippen molar-refractivity contribution >= 4 is 10.1 Å². The molecule has 0 saturated heterocycles. The van der Waals surface area contributed by atoms with Crippen LogP contribution in [0.25, 0.3) is 0 Å². The molecule has 134 valence electrons. The number of benzene rings is 1. The Hall–Kier alpha value is -0.910. The van der Waals surface area contributed by atoms with Crippen molar-refractivity contribution in [2.45, 2.75) is 58.8 Å². The molecule has 0 aliphatic rings. The molecule has 0 aliphatic heterocycles. The van der Waals surface area contributed by atoms with Gasteiger partial charge in [0.25, 0.3) is 0 Å². The molecule has 1 aromatic carbocycles. The molecule has 0 spiro atoms. The second-order valence-electron chi connectivity index (χ2n) is 6.84. The van der Waals surface area contributed by atoms with Gasteiger partial charge in [-0.2, -0.15) is 0 Å². The topological polar surface area (TPSA) is 57.2 Å². The first-order valence-corrected chi connectivity index (χ1v) is 9.78. The van der Waals surface area contributed by atoms with Crippen LogP contribution in [0, 0.1) is 0 Å². The predicted molar refractivity (Wildman–Crippen MR) is 95.5 cm³/mol. The summed E-state index contributed by atoms with van der Waals surface area (Å²) in [7, 11) is -4.32. The van der Waals surface area contributed by atoms with Crippen LogP contribution in [0.4, 0.5) is 0 Å². The molecular weight excluding hydrogens is 310 g/mol. The van der Waals surface area contributed by atoms with Gasteiger partial charge in [-0.25, -0.2) is 8.42 Å². The zero-order chi connectivity index (χ0) is 18.3. The van der Waals surface area contributed by atoms with Gasteiger partial charge in [0.2, 0.25) is 0 Å². The van der Waals surface area contributed by atoms with Crippen LogP contribution in [0.5, 0.6) is 0 Å². The predicted octanol–water partition coefficient (Wildman–Crippen LogP) is 3.77. The van der Waals surface area contributed by atoms with Gasteiger partial charge in [0.15, 0.2) is 0 Å². The van der Waals surface area contributed by atoms with E-state index in [1.54, 1.807) is 12.1 Å². The summed E-state index contributed by atoms with van der Waals surface area (Å²) in [6.45, 7) is 20.3. The summed E-state index contributed by atoms with van der Waals surface area (Å²) in [5.41, 5.74) is 0.968. The van der Waals surface area contributed by atoms with Gasteiger partial charge in [0.1, 0.15) is 10.1 Å². The van der Waals surface area contributed by atoms with E-state index < -0.39 is 10.1 Å². The molecule has 0 aromatic heterocycles. The lowest BCUT2D eigenvalue weighted by atomic mass is 9.87. The third-order valence-electron chi connectivity index (χ3n) is 4.69. The molecule has 0 heterocycles. The van der Waals surface area contributed by atoms with Gasteiger partial charge in [-0.15, -0.1) is 0 Å². The second-order valence-corrected chi connectivity index (χ2v) is 8.21. The van der Waals surface area contributed by atoms with Gasteiger partial charge >= 0.3 is 0 Å². The largest absolute Gasteiger partial charge is 0.744 e. The van der Waals surface area contributed by atoms with E-state index in [1.807, 2.05) is 20.8 Å². The number of hydrogen-bond acceptors (Lipinski definition) is 3. The van der Waals surface area contributed by atoms with E-state index in [0.717, 1.165) is 5.56 Å². The lowest BCUT2D eigenvalue weighted by Gasteiger charge is -2.34. The maximum atomic E-state index is 10.6. The molecule has 0 N–H and O–H groups in total. The number of quaternary nitrogens is 1. The number of hydrogen-bond donors (Lipinski definition) is 0. The standard InChI is InChI=1S/C10H14O3S.C8H20N/c1-10(2,3)8-4-6-9(7-5-8)14(11,12)13;1-5-9(6-2,7-3)8-4/h4-7H,1-3H3,(H,11,12,13);5-8H2,1-4H3/q;+1/p-1. The molecule has 0 radical (unpaired) electrons. The van der Waals surface area contributed by atoms with Gasteiger partial charge in [0.05, 0.1) is 31.1 Å². The first-order valence-electron chi connectivity index (χ1n) is 8.37. The highest BCUT2D eigenvalue weighted by Gasteiger charge is 2.16. The minimum absolute atomic E-state index is 0.0365. The summed E-state index contributed by atoms with van der Waals surface area (Å²) in [6, 6.07) is 6.04. The smallest absolute Gasteiger partial charge is 0.124 e. The molecule has 0 aliphatic carbocycles. The lowest BCUT2D eigenvalue weighted by molar-refractivity contribution is -0.921. The summed E-state index contributed by atoms with van der Waals surface area (Å²) in [5.74, 6) is 0. The molecule has 0 bridgehead atoms. The highest BCUT2D eigenvalue weighted by molar-refractivity contribution is 7.85. The third kappa shape index (κ3) is 7.02. The van der Waals surface area contributed by atoms with Gasteiger partial charge in [0, 0.05) is 0 Å². The molecule has 1 rings (SSSR count). The van der Waals surface area contributed by atoms with E-state index in [2.05, 4.69) is 27.7 Å². The first-order chi connectivity index (χ1) is 10.5. The molecular formula is C18H33NO3S. The van der Waals surface area contributed by atoms with Crippen LogP contribution in [0.15, 0.2) is 29.2 Å². The fourth-order valence-corrected chi connectivity index (χ4v) is 2.93. The normalized spacial score (nSPS) is 12.5. The summed E-state index contributed by atoms with van der Waals surface area (Å²) in [4.78, 5) is -0.175. The Kier molecular flexibility index (Phi) is 8.46. The average molecular weight is 344 g/mol. The minimum Gasteiger partial charge on any atom is -0.744 e. The van der Waals surface area contributed by atoms with Gasteiger partial charge in [-0.3, -0.25) is 0 Å². The lowest BCUT2D eigenvalue weighted by Crippen LogP contribution is -2.47. The highest BCUT2D eigenvalue weighted by Crippen LogP contribution is 2.23. The van der Waals surface area contributed by atoms with Crippen LogP contribution in [0.1, 0.15) is 54.0 Å². The van der Waals surface area contributed by atoms with Crippen LogP contribution in [0.2, 0.25) is 0 Å². The maximum Gasteiger partial charge on any atom is 0.124 e. The van der Waals surface area contributed by atoms with Gasteiger partial charge in [-0.1, -0.05) is 32.9 Å². The van der Waals surface area contributed by atoms with Gasteiger partial charge in [-0.05, 0) is 50.8 Å². The molecule has 4 nitrogen and oxygen atoms in total. The van der Waals surface area contributed by atoms with E-state index in [1.165, 1.54) is 42.8 Å². The Morgan fingerprint density at radius 2 is 1.22 bits per heavy atom. The van der Waals surface area contributed by atoms with Crippen molar-refractivity contribution in [2.24, 2.45) is 0 Å². The van der Waals surface area contributed by atoms with E-state index in [4.69, 9.17) is 0 Å². The van der Waals surface area contributed by atoms with Crippen LogP contribution in [0.3, 0.4) is 0 Å². The summed E-state index contributed by atoms with van der Waals surface area (Å²) < 4.78 is 33.2. The van der Waals surface area contributed by atoms with E-state index >= 15 is 0 Å². The van der Waals surface area contributed by atoms with E-state index in [-0.39, 0.29) is 10.3 Å². The molecule has 23 heavy (non-hydrogen) atoms. The Morgan fingerprint density at radius 3 is 1.39 bits per heavy atom. The summed E-state index contributed by atoms with van der Waals surface area (Å²) in [5, 5.41) is 0. The van der Waals surface area contributed by atoms with Crippen LogP contribution < -0.4 is 0 Å². The average Bonchev–Trinajstić information content (AvgIpc) is 2.49. The number of rotatable bonds is 5. The van der Waals surface area contributed by atoms with E-state index in [0.29, 0.717) is 0 Å². The third-order valence-corrected chi connectivity index (χ3v) is 5.54. The second kappa shape index (κ2) is 8.81. The molecule has 0 saturated carbocycles. The van der Waals surface area contributed by atoms with Crippen LogP contribution >= 0.6 is 0 Å². The van der Waals surface area contributed by atoms with Crippen molar-refractivity contribution in [1.82, 2.24) is 0 Å². The molecule has 5 heteroatoms. The monoisotopic (exact) mass is 343 g/mol. The Labute approximate surface area is 142 Å². The molecule has 0 unspecified atom stereocenters.